The van der Waals surface area contributed by atoms with Gasteiger partial charge in [0.25, 0.3) is 0 Å². The Labute approximate surface area is 183 Å². The van der Waals surface area contributed by atoms with Crippen molar-refractivity contribution in [2.45, 2.75) is 70.8 Å². The number of hydrogen-bond donors (Lipinski definition) is 1. The second kappa shape index (κ2) is 10.7. The van der Waals surface area contributed by atoms with Crippen LogP contribution in [0.2, 0.25) is 0 Å². The first-order chi connectivity index (χ1) is 14.5. The molecule has 1 aromatic heterocycles. The van der Waals surface area contributed by atoms with Gasteiger partial charge in [0, 0.05) is 12.6 Å². The summed E-state index contributed by atoms with van der Waals surface area (Å²) < 4.78 is 7.95. The smallest absolute Gasteiger partial charge is 0.230 e. The van der Waals surface area contributed by atoms with Crippen LogP contribution < -0.4 is 10.1 Å². The van der Waals surface area contributed by atoms with E-state index >= 15 is 0 Å². The van der Waals surface area contributed by atoms with Crippen molar-refractivity contribution < 1.29 is 9.53 Å². The molecule has 1 aliphatic rings. The summed E-state index contributed by atoms with van der Waals surface area (Å²) in [6, 6.07) is 6.43. The molecular formula is C23H32N4O2S. The van der Waals surface area contributed by atoms with Gasteiger partial charge in [-0.05, 0) is 49.8 Å². The van der Waals surface area contributed by atoms with E-state index in [9.17, 15) is 4.79 Å². The Morgan fingerprint density at radius 1 is 1.33 bits per heavy atom. The average molecular weight is 429 g/mol. The van der Waals surface area contributed by atoms with Crippen molar-refractivity contribution in [3.8, 4) is 5.75 Å². The highest BCUT2D eigenvalue weighted by atomic mass is 32.2. The number of benzene rings is 1. The molecule has 0 aliphatic heterocycles. The molecule has 1 amide bonds. The zero-order chi connectivity index (χ0) is 21.5. The lowest BCUT2D eigenvalue weighted by Gasteiger charge is -2.29. The molecule has 2 aromatic rings. The molecule has 0 bridgehead atoms. The fraction of sp³-hybridized carbons (Fsp3) is 0.522. The van der Waals surface area contributed by atoms with Gasteiger partial charge < -0.3 is 10.1 Å². The SMILES string of the molecule is C=CCn1c(COc2cc(C)ccc2C)nnc1SCC(=O)NC1CCCCC1C. The summed E-state index contributed by atoms with van der Waals surface area (Å²) in [5.74, 6) is 2.50. The Morgan fingerprint density at radius 2 is 2.13 bits per heavy atom. The van der Waals surface area contributed by atoms with Gasteiger partial charge in [-0.25, -0.2) is 0 Å². The average Bonchev–Trinajstić information content (AvgIpc) is 3.11. The Morgan fingerprint density at radius 3 is 2.90 bits per heavy atom. The lowest BCUT2D eigenvalue weighted by molar-refractivity contribution is -0.119. The van der Waals surface area contributed by atoms with E-state index < -0.39 is 0 Å². The lowest BCUT2D eigenvalue weighted by Crippen LogP contribution is -2.41. The van der Waals surface area contributed by atoms with Crippen LogP contribution in [0, 0.1) is 19.8 Å². The molecule has 1 heterocycles. The summed E-state index contributed by atoms with van der Waals surface area (Å²) in [6.07, 6.45) is 6.53. The Kier molecular flexibility index (Phi) is 7.96. The molecule has 1 N–H and O–H groups in total. The van der Waals surface area contributed by atoms with Gasteiger partial charge in [0.2, 0.25) is 5.91 Å². The third-order valence-electron chi connectivity index (χ3n) is 5.60. The molecule has 30 heavy (non-hydrogen) atoms. The molecule has 0 spiro atoms. The maximum absolute atomic E-state index is 12.5. The van der Waals surface area contributed by atoms with Gasteiger partial charge >= 0.3 is 0 Å². The highest BCUT2D eigenvalue weighted by molar-refractivity contribution is 7.99. The number of nitrogens with one attached hydrogen (secondary N) is 1. The number of rotatable bonds is 9. The maximum atomic E-state index is 12.5. The number of ether oxygens (including phenoxy) is 1. The lowest BCUT2D eigenvalue weighted by atomic mass is 9.86. The van der Waals surface area contributed by atoms with Crippen LogP contribution in [0.15, 0.2) is 36.0 Å². The molecule has 2 atom stereocenters. The monoisotopic (exact) mass is 428 g/mol. The molecule has 3 rings (SSSR count). The maximum Gasteiger partial charge on any atom is 0.230 e. The fourth-order valence-electron chi connectivity index (χ4n) is 3.76. The van der Waals surface area contributed by atoms with Crippen molar-refractivity contribution in [3.63, 3.8) is 0 Å². The first-order valence-corrected chi connectivity index (χ1v) is 11.6. The fourth-order valence-corrected chi connectivity index (χ4v) is 4.54. The van der Waals surface area contributed by atoms with Crippen LogP contribution in [0.25, 0.3) is 0 Å². The quantitative estimate of drug-likeness (QED) is 0.472. The number of nitrogens with zero attached hydrogens (tertiary/aromatic N) is 3. The zero-order valence-electron chi connectivity index (χ0n) is 18.2. The van der Waals surface area contributed by atoms with Gasteiger partial charge in [0.1, 0.15) is 12.4 Å². The van der Waals surface area contributed by atoms with E-state index in [1.807, 2.05) is 30.5 Å². The van der Waals surface area contributed by atoms with Crippen LogP contribution in [0.1, 0.15) is 49.6 Å². The molecule has 6 nitrogen and oxygen atoms in total. The standard InChI is InChI=1S/C23H32N4O2S/c1-5-12-27-21(14-29-20-13-16(2)10-11-18(20)4)25-26-23(27)30-15-22(28)24-19-9-7-6-8-17(19)3/h5,10-11,13,17,19H,1,6-9,12,14-15H2,2-4H3,(H,24,28). The number of carbonyl (C=O) groups excluding carboxylic acids is 1. The van der Waals surface area contributed by atoms with E-state index in [0.29, 0.717) is 36.0 Å². The van der Waals surface area contributed by atoms with Crippen LogP contribution >= 0.6 is 11.8 Å². The number of carbonyl (C=O) groups is 1. The first kappa shape index (κ1) is 22.4. The number of allylic oxidation sites excluding steroid dienone is 1. The molecule has 0 radical (unpaired) electrons. The number of hydrogen-bond acceptors (Lipinski definition) is 5. The van der Waals surface area contributed by atoms with Crippen molar-refractivity contribution in [2.75, 3.05) is 5.75 Å². The van der Waals surface area contributed by atoms with Gasteiger partial charge in [-0.15, -0.1) is 16.8 Å². The third-order valence-corrected chi connectivity index (χ3v) is 6.56. The molecular weight excluding hydrogens is 396 g/mol. The molecule has 1 fully saturated rings. The minimum absolute atomic E-state index is 0.0556. The second-order valence-electron chi connectivity index (χ2n) is 8.08. The van der Waals surface area contributed by atoms with Crippen molar-refractivity contribution in [3.05, 3.63) is 47.8 Å². The van der Waals surface area contributed by atoms with Crippen LogP contribution in [-0.4, -0.2) is 32.5 Å². The minimum Gasteiger partial charge on any atom is -0.485 e. The summed E-state index contributed by atoms with van der Waals surface area (Å²) in [7, 11) is 0. The number of aromatic nitrogens is 3. The molecule has 1 aliphatic carbocycles. The summed E-state index contributed by atoms with van der Waals surface area (Å²) in [5, 5.41) is 12.5. The van der Waals surface area contributed by atoms with Gasteiger partial charge in [0.05, 0.1) is 5.75 Å². The third kappa shape index (κ3) is 5.88. The normalized spacial score (nSPS) is 18.8. The van der Waals surface area contributed by atoms with Crippen LogP contribution in [0.3, 0.4) is 0 Å². The number of amides is 1. The Hall–Kier alpha value is -2.28. The highest BCUT2D eigenvalue weighted by Gasteiger charge is 2.23. The van der Waals surface area contributed by atoms with Crippen LogP contribution in [0.4, 0.5) is 0 Å². The summed E-state index contributed by atoms with van der Waals surface area (Å²) in [5.41, 5.74) is 2.23. The molecule has 7 heteroatoms. The Balaban J connectivity index is 1.60. The first-order valence-electron chi connectivity index (χ1n) is 10.6. The summed E-state index contributed by atoms with van der Waals surface area (Å²) >= 11 is 1.41. The Bertz CT molecular complexity index is 880. The minimum atomic E-state index is 0.0556. The topological polar surface area (TPSA) is 69.0 Å². The van der Waals surface area contributed by atoms with Gasteiger partial charge in [-0.3, -0.25) is 9.36 Å². The van der Waals surface area contributed by atoms with Crippen molar-refractivity contribution >= 4 is 17.7 Å². The van der Waals surface area contributed by atoms with Gasteiger partial charge in [-0.1, -0.05) is 49.7 Å². The van der Waals surface area contributed by atoms with E-state index in [-0.39, 0.29) is 5.91 Å². The zero-order valence-corrected chi connectivity index (χ0v) is 19.0. The molecule has 0 saturated heterocycles. The molecule has 1 saturated carbocycles. The van der Waals surface area contributed by atoms with E-state index in [1.165, 1.54) is 31.0 Å². The van der Waals surface area contributed by atoms with Crippen molar-refractivity contribution in [1.82, 2.24) is 20.1 Å². The molecule has 2 unspecified atom stereocenters. The predicted octanol–water partition coefficient (Wildman–Crippen LogP) is 4.45. The van der Waals surface area contributed by atoms with Gasteiger partial charge in [0.15, 0.2) is 11.0 Å². The molecule has 1 aromatic carbocycles. The molecule has 162 valence electrons. The van der Waals surface area contributed by atoms with E-state index in [1.54, 1.807) is 6.08 Å². The van der Waals surface area contributed by atoms with E-state index in [2.05, 4.69) is 35.1 Å². The largest absolute Gasteiger partial charge is 0.485 e. The second-order valence-corrected chi connectivity index (χ2v) is 9.02. The number of aryl methyl sites for hydroxylation is 2. The number of thioether (sulfide) groups is 1. The van der Waals surface area contributed by atoms with Crippen LogP contribution in [-0.2, 0) is 17.9 Å². The highest BCUT2D eigenvalue weighted by Crippen LogP contribution is 2.25. The summed E-state index contributed by atoms with van der Waals surface area (Å²) in [6.45, 7) is 11.0. The van der Waals surface area contributed by atoms with E-state index in [0.717, 1.165) is 29.1 Å². The van der Waals surface area contributed by atoms with Crippen molar-refractivity contribution in [2.24, 2.45) is 5.92 Å². The van der Waals surface area contributed by atoms with E-state index in [4.69, 9.17) is 4.74 Å². The predicted molar refractivity (Wildman–Crippen MR) is 121 cm³/mol. The van der Waals surface area contributed by atoms with Crippen LogP contribution in [0.5, 0.6) is 5.75 Å². The van der Waals surface area contributed by atoms with Gasteiger partial charge in [-0.2, -0.15) is 0 Å². The summed E-state index contributed by atoms with van der Waals surface area (Å²) in [4.78, 5) is 12.5. The van der Waals surface area contributed by atoms with Crippen molar-refractivity contribution in [1.29, 1.82) is 0 Å².